The van der Waals surface area contributed by atoms with E-state index < -0.39 is 0 Å². The van der Waals surface area contributed by atoms with E-state index in [-0.39, 0.29) is 5.91 Å². The standard InChI is InChI=1S/C19H32N6O/c1-4-21-19(24-17-7-12-25(13-8-17)15(2)3)23-11-10-22-18(26)16-6-5-9-20-14-16/h5-6,9,14-15,17H,4,7-8,10-13H2,1-3H3,(H,22,26)(H2,21,23,24). The molecule has 1 aromatic rings. The summed E-state index contributed by atoms with van der Waals surface area (Å²) in [5, 5.41) is 9.68. The van der Waals surface area contributed by atoms with Crippen LogP contribution in [0.2, 0.25) is 0 Å². The van der Waals surface area contributed by atoms with Crippen LogP contribution in [0.4, 0.5) is 0 Å². The number of carbonyl (C=O) groups excluding carboxylic acids is 1. The van der Waals surface area contributed by atoms with Crippen molar-refractivity contribution < 1.29 is 4.79 Å². The maximum atomic E-state index is 12.0. The minimum absolute atomic E-state index is 0.118. The number of hydrogen-bond donors (Lipinski definition) is 3. The lowest BCUT2D eigenvalue weighted by molar-refractivity contribution is 0.0954. The van der Waals surface area contributed by atoms with Gasteiger partial charge >= 0.3 is 0 Å². The fourth-order valence-electron chi connectivity index (χ4n) is 3.01. The van der Waals surface area contributed by atoms with E-state index in [9.17, 15) is 4.79 Å². The Hall–Kier alpha value is -2.15. The van der Waals surface area contributed by atoms with Crippen LogP contribution in [0, 0.1) is 0 Å². The van der Waals surface area contributed by atoms with Gasteiger partial charge < -0.3 is 20.9 Å². The second-order valence-corrected chi connectivity index (χ2v) is 6.81. The number of aromatic nitrogens is 1. The molecule has 0 radical (unpaired) electrons. The van der Waals surface area contributed by atoms with E-state index in [2.05, 4.69) is 51.6 Å². The predicted molar refractivity (Wildman–Crippen MR) is 105 cm³/mol. The highest BCUT2D eigenvalue weighted by molar-refractivity contribution is 5.93. The van der Waals surface area contributed by atoms with Crippen molar-refractivity contribution >= 4 is 11.9 Å². The number of likely N-dealkylation sites (tertiary alicyclic amines) is 1. The SMILES string of the molecule is CCNC(=NCCNC(=O)c1cccnc1)NC1CCN(C(C)C)CC1. The van der Waals surface area contributed by atoms with Gasteiger partial charge in [0.05, 0.1) is 12.1 Å². The predicted octanol–water partition coefficient (Wildman–Crippen LogP) is 1.24. The van der Waals surface area contributed by atoms with Crippen LogP contribution in [-0.4, -0.2) is 66.6 Å². The molecule has 0 bridgehead atoms. The Morgan fingerprint density at radius 1 is 1.35 bits per heavy atom. The summed E-state index contributed by atoms with van der Waals surface area (Å²) in [6.07, 6.45) is 5.47. The average molecular weight is 361 g/mol. The monoisotopic (exact) mass is 360 g/mol. The van der Waals surface area contributed by atoms with Crippen molar-refractivity contribution in [3.8, 4) is 0 Å². The van der Waals surface area contributed by atoms with Crippen molar-refractivity contribution in [3.63, 3.8) is 0 Å². The molecule has 0 atom stereocenters. The van der Waals surface area contributed by atoms with E-state index in [0.717, 1.165) is 38.4 Å². The van der Waals surface area contributed by atoms with Crippen LogP contribution in [0.15, 0.2) is 29.5 Å². The molecule has 1 fully saturated rings. The lowest BCUT2D eigenvalue weighted by Crippen LogP contribution is -2.50. The molecule has 1 aromatic heterocycles. The molecule has 7 nitrogen and oxygen atoms in total. The lowest BCUT2D eigenvalue weighted by Gasteiger charge is -2.35. The molecule has 1 aliphatic heterocycles. The van der Waals surface area contributed by atoms with Gasteiger partial charge in [0.15, 0.2) is 5.96 Å². The summed E-state index contributed by atoms with van der Waals surface area (Å²) in [7, 11) is 0. The number of carbonyl (C=O) groups is 1. The summed E-state index contributed by atoms with van der Waals surface area (Å²) in [6.45, 7) is 10.6. The van der Waals surface area contributed by atoms with E-state index in [0.29, 0.717) is 30.7 Å². The summed E-state index contributed by atoms with van der Waals surface area (Å²) in [4.78, 5) is 23.0. The molecule has 0 aliphatic carbocycles. The first-order valence-corrected chi connectivity index (χ1v) is 9.57. The molecule has 1 saturated heterocycles. The first kappa shape index (κ1) is 20.2. The molecule has 0 aromatic carbocycles. The topological polar surface area (TPSA) is 81.6 Å². The smallest absolute Gasteiger partial charge is 0.252 e. The van der Waals surface area contributed by atoms with E-state index in [4.69, 9.17) is 0 Å². The van der Waals surface area contributed by atoms with Gasteiger partial charge in [-0.15, -0.1) is 0 Å². The molecule has 0 saturated carbocycles. The Labute approximate surface area is 156 Å². The molecular formula is C19H32N6O. The highest BCUT2D eigenvalue weighted by Gasteiger charge is 2.21. The van der Waals surface area contributed by atoms with Crippen LogP contribution < -0.4 is 16.0 Å². The average Bonchev–Trinajstić information content (AvgIpc) is 2.66. The van der Waals surface area contributed by atoms with Crippen molar-refractivity contribution in [2.45, 2.75) is 45.7 Å². The Bertz CT molecular complexity index is 567. The molecule has 1 aliphatic rings. The Morgan fingerprint density at radius 3 is 2.73 bits per heavy atom. The normalized spacial score (nSPS) is 16.5. The molecule has 1 amide bonds. The van der Waals surface area contributed by atoms with Gasteiger partial charge in [0.1, 0.15) is 0 Å². The highest BCUT2D eigenvalue weighted by Crippen LogP contribution is 2.12. The van der Waals surface area contributed by atoms with Crippen LogP contribution in [0.1, 0.15) is 44.0 Å². The van der Waals surface area contributed by atoms with Gasteiger partial charge in [-0.3, -0.25) is 14.8 Å². The zero-order valence-electron chi connectivity index (χ0n) is 16.2. The van der Waals surface area contributed by atoms with Crippen molar-refractivity contribution in [2.24, 2.45) is 4.99 Å². The maximum absolute atomic E-state index is 12.0. The number of guanidine groups is 1. The number of rotatable bonds is 7. The first-order valence-electron chi connectivity index (χ1n) is 9.57. The van der Waals surface area contributed by atoms with Gasteiger partial charge in [-0.05, 0) is 45.7 Å². The zero-order chi connectivity index (χ0) is 18.8. The van der Waals surface area contributed by atoms with Crippen LogP contribution in [0.3, 0.4) is 0 Å². The number of hydrogen-bond acceptors (Lipinski definition) is 4. The Balaban J connectivity index is 1.75. The van der Waals surface area contributed by atoms with Gasteiger partial charge in [0, 0.05) is 50.7 Å². The Kier molecular flexibility index (Phi) is 8.34. The zero-order valence-corrected chi connectivity index (χ0v) is 16.2. The van der Waals surface area contributed by atoms with Crippen LogP contribution in [0.5, 0.6) is 0 Å². The van der Waals surface area contributed by atoms with Crippen molar-refractivity contribution in [2.75, 3.05) is 32.7 Å². The summed E-state index contributed by atoms with van der Waals surface area (Å²) < 4.78 is 0. The third-order valence-electron chi connectivity index (χ3n) is 4.54. The lowest BCUT2D eigenvalue weighted by atomic mass is 10.0. The van der Waals surface area contributed by atoms with E-state index >= 15 is 0 Å². The fraction of sp³-hybridized carbons (Fsp3) is 0.632. The van der Waals surface area contributed by atoms with Gasteiger partial charge in [-0.25, -0.2) is 0 Å². The van der Waals surface area contributed by atoms with Crippen molar-refractivity contribution in [3.05, 3.63) is 30.1 Å². The molecule has 7 heteroatoms. The summed E-state index contributed by atoms with van der Waals surface area (Å²) >= 11 is 0. The summed E-state index contributed by atoms with van der Waals surface area (Å²) in [5.74, 6) is 0.707. The molecular weight excluding hydrogens is 328 g/mol. The van der Waals surface area contributed by atoms with Crippen molar-refractivity contribution in [1.29, 1.82) is 0 Å². The molecule has 26 heavy (non-hydrogen) atoms. The van der Waals surface area contributed by atoms with Crippen molar-refractivity contribution in [1.82, 2.24) is 25.8 Å². The second-order valence-electron chi connectivity index (χ2n) is 6.81. The number of pyridine rings is 1. The molecule has 3 N–H and O–H groups in total. The minimum Gasteiger partial charge on any atom is -0.357 e. The molecule has 2 heterocycles. The summed E-state index contributed by atoms with van der Waals surface area (Å²) in [5.41, 5.74) is 0.568. The van der Waals surface area contributed by atoms with Crippen LogP contribution >= 0.6 is 0 Å². The molecule has 0 spiro atoms. The quantitative estimate of drug-likeness (QED) is 0.387. The largest absolute Gasteiger partial charge is 0.357 e. The summed E-state index contributed by atoms with van der Waals surface area (Å²) in [6, 6.07) is 4.57. The molecule has 144 valence electrons. The van der Waals surface area contributed by atoms with E-state index in [1.807, 2.05) is 0 Å². The number of nitrogens with zero attached hydrogens (tertiary/aromatic N) is 3. The maximum Gasteiger partial charge on any atom is 0.252 e. The highest BCUT2D eigenvalue weighted by atomic mass is 16.1. The number of piperidine rings is 1. The van der Waals surface area contributed by atoms with Gasteiger partial charge in [0.25, 0.3) is 5.91 Å². The number of nitrogens with one attached hydrogen (secondary N) is 3. The van der Waals surface area contributed by atoms with E-state index in [1.165, 1.54) is 0 Å². The first-order chi connectivity index (χ1) is 12.6. The fourth-order valence-corrected chi connectivity index (χ4v) is 3.01. The van der Waals surface area contributed by atoms with Gasteiger partial charge in [-0.2, -0.15) is 0 Å². The van der Waals surface area contributed by atoms with Crippen LogP contribution in [-0.2, 0) is 0 Å². The third kappa shape index (κ3) is 6.63. The van der Waals surface area contributed by atoms with Crippen LogP contribution in [0.25, 0.3) is 0 Å². The van der Waals surface area contributed by atoms with Gasteiger partial charge in [-0.1, -0.05) is 0 Å². The minimum atomic E-state index is -0.118. The van der Waals surface area contributed by atoms with E-state index in [1.54, 1.807) is 24.5 Å². The molecule has 2 rings (SSSR count). The van der Waals surface area contributed by atoms with Gasteiger partial charge in [0.2, 0.25) is 0 Å². The second kappa shape index (κ2) is 10.8. The third-order valence-corrected chi connectivity index (χ3v) is 4.54. The Morgan fingerprint density at radius 2 is 2.12 bits per heavy atom. The molecule has 0 unspecified atom stereocenters. The number of amides is 1. The number of aliphatic imine (C=N–C) groups is 1.